The van der Waals surface area contributed by atoms with E-state index < -0.39 is 0 Å². The van der Waals surface area contributed by atoms with Gasteiger partial charge in [0.25, 0.3) is 5.56 Å². The van der Waals surface area contributed by atoms with E-state index in [9.17, 15) is 4.79 Å². The highest BCUT2D eigenvalue weighted by atomic mass is 32.1. The Morgan fingerprint density at radius 3 is 2.67 bits per heavy atom. The van der Waals surface area contributed by atoms with E-state index in [1.54, 1.807) is 7.05 Å². The Hall–Kier alpha value is -1.69. The maximum atomic E-state index is 12.3. The molecule has 0 fully saturated rings. The summed E-state index contributed by atoms with van der Waals surface area (Å²) >= 11 is 1.52. The standard InChI is InChI=1S/C15H22N4OS/c1-9(2)7-16-15-17-13(8-21-15)11-6-12(10(3)4)18-19(5)14(11)20/h6,8-10H,7H2,1-5H3,(H,16,17). The fourth-order valence-electron chi connectivity index (χ4n) is 1.87. The van der Waals surface area contributed by atoms with E-state index in [0.717, 1.165) is 23.1 Å². The minimum Gasteiger partial charge on any atom is -0.361 e. The van der Waals surface area contributed by atoms with Gasteiger partial charge in [-0.3, -0.25) is 4.79 Å². The highest BCUT2D eigenvalue weighted by Crippen LogP contribution is 2.24. The van der Waals surface area contributed by atoms with Crippen LogP contribution in [0.15, 0.2) is 16.2 Å². The largest absolute Gasteiger partial charge is 0.361 e. The summed E-state index contributed by atoms with van der Waals surface area (Å²) in [5, 5.41) is 10.3. The molecule has 114 valence electrons. The van der Waals surface area contributed by atoms with E-state index in [2.05, 4.69) is 43.1 Å². The van der Waals surface area contributed by atoms with Gasteiger partial charge in [0.2, 0.25) is 0 Å². The van der Waals surface area contributed by atoms with Gasteiger partial charge in [-0.1, -0.05) is 27.7 Å². The van der Waals surface area contributed by atoms with Gasteiger partial charge in [-0.15, -0.1) is 11.3 Å². The van der Waals surface area contributed by atoms with Crippen molar-refractivity contribution in [2.24, 2.45) is 13.0 Å². The van der Waals surface area contributed by atoms with Crippen molar-refractivity contribution in [3.63, 3.8) is 0 Å². The Morgan fingerprint density at radius 2 is 2.05 bits per heavy atom. The van der Waals surface area contributed by atoms with Crippen LogP contribution >= 0.6 is 11.3 Å². The molecule has 2 aromatic rings. The lowest BCUT2D eigenvalue weighted by molar-refractivity contribution is 0.655. The zero-order chi connectivity index (χ0) is 15.6. The summed E-state index contributed by atoms with van der Waals surface area (Å²) in [5.74, 6) is 0.825. The quantitative estimate of drug-likeness (QED) is 0.922. The molecule has 0 unspecified atom stereocenters. The summed E-state index contributed by atoms with van der Waals surface area (Å²) in [6.07, 6.45) is 0. The molecule has 5 nitrogen and oxygen atoms in total. The second kappa shape index (κ2) is 6.39. The number of rotatable bonds is 5. The first-order chi connectivity index (χ1) is 9.88. The molecule has 0 atom stereocenters. The van der Waals surface area contributed by atoms with Crippen LogP contribution in [0.5, 0.6) is 0 Å². The molecule has 0 aromatic carbocycles. The Bertz CT molecular complexity index is 673. The van der Waals surface area contributed by atoms with Gasteiger partial charge in [0, 0.05) is 19.0 Å². The zero-order valence-corrected chi connectivity index (χ0v) is 14.0. The number of thiazole rings is 1. The first kappa shape index (κ1) is 15.7. The average molecular weight is 306 g/mol. The van der Waals surface area contributed by atoms with Crippen molar-refractivity contribution in [1.29, 1.82) is 0 Å². The third kappa shape index (κ3) is 3.69. The molecule has 21 heavy (non-hydrogen) atoms. The lowest BCUT2D eigenvalue weighted by Gasteiger charge is -2.08. The molecule has 0 bridgehead atoms. The highest BCUT2D eigenvalue weighted by molar-refractivity contribution is 7.14. The topological polar surface area (TPSA) is 59.8 Å². The lowest BCUT2D eigenvalue weighted by Crippen LogP contribution is -2.23. The van der Waals surface area contributed by atoms with Crippen molar-refractivity contribution in [2.75, 3.05) is 11.9 Å². The van der Waals surface area contributed by atoms with Crippen LogP contribution in [0.2, 0.25) is 0 Å². The monoisotopic (exact) mass is 306 g/mol. The van der Waals surface area contributed by atoms with Crippen molar-refractivity contribution < 1.29 is 0 Å². The van der Waals surface area contributed by atoms with Crippen LogP contribution in [-0.2, 0) is 7.05 Å². The number of nitrogens with zero attached hydrogens (tertiary/aromatic N) is 3. The zero-order valence-electron chi connectivity index (χ0n) is 13.2. The van der Waals surface area contributed by atoms with Crippen LogP contribution in [-0.4, -0.2) is 21.3 Å². The van der Waals surface area contributed by atoms with E-state index in [1.165, 1.54) is 16.0 Å². The van der Waals surface area contributed by atoms with Crippen LogP contribution in [0.4, 0.5) is 5.13 Å². The first-order valence-corrected chi connectivity index (χ1v) is 8.04. The molecule has 0 saturated carbocycles. The van der Waals surface area contributed by atoms with E-state index >= 15 is 0 Å². The molecule has 0 aliphatic carbocycles. The van der Waals surface area contributed by atoms with Gasteiger partial charge >= 0.3 is 0 Å². The van der Waals surface area contributed by atoms with Gasteiger partial charge in [0.1, 0.15) is 0 Å². The number of nitrogens with one attached hydrogen (secondary N) is 1. The Balaban J connectivity index is 2.35. The average Bonchev–Trinajstić information content (AvgIpc) is 2.87. The minimum atomic E-state index is -0.111. The number of hydrogen-bond acceptors (Lipinski definition) is 5. The molecule has 2 rings (SSSR count). The molecule has 0 radical (unpaired) electrons. The molecule has 0 aliphatic rings. The van der Waals surface area contributed by atoms with Gasteiger partial charge in [-0.25, -0.2) is 9.67 Å². The molecule has 1 N–H and O–H groups in total. The fourth-order valence-corrected chi connectivity index (χ4v) is 2.59. The first-order valence-electron chi connectivity index (χ1n) is 7.16. The van der Waals surface area contributed by atoms with Crippen molar-refractivity contribution in [2.45, 2.75) is 33.6 Å². The van der Waals surface area contributed by atoms with Gasteiger partial charge in [0.15, 0.2) is 5.13 Å². The van der Waals surface area contributed by atoms with Crippen LogP contribution in [0.3, 0.4) is 0 Å². The summed E-state index contributed by atoms with van der Waals surface area (Å²) in [6, 6.07) is 1.86. The van der Waals surface area contributed by atoms with E-state index in [0.29, 0.717) is 11.5 Å². The van der Waals surface area contributed by atoms with Crippen LogP contribution in [0.25, 0.3) is 11.3 Å². The van der Waals surface area contributed by atoms with Crippen molar-refractivity contribution >= 4 is 16.5 Å². The Morgan fingerprint density at radius 1 is 1.33 bits per heavy atom. The summed E-state index contributed by atoms with van der Waals surface area (Å²) in [4.78, 5) is 16.8. The van der Waals surface area contributed by atoms with Crippen LogP contribution in [0, 0.1) is 5.92 Å². The van der Waals surface area contributed by atoms with Crippen LogP contribution in [0.1, 0.15) is 39.3 Å². The van der Waals surface area contributed by atoms with Gasteiger partial charge in [-0.05, 0) is 17.9 Å². The van der Waals surface area contributed by atoms with Gasteiger partial charge in [0.05, 0.1) is 17.0 Å². The normalized spacial score (nSPS) is 11.4. The van der Waals surface area contributed by atoms with Crippen molar-refractivity contribution in [1.82, 2.24) is 14.8 Å². The molecule has 0 amide bonds. The predicted molar refractivity (Wildman–Crippen MR) is 88.0 cm³/mol. The van der Waals surface area contributed by atoms with Gasteiger partial charge < -0.3 is 5.32 Å². The SMILES string of the molecule is CC(C)CNc1nc(-c2cc(C(C)C)nn(C)c2=O)cs1. The van der Waals surface area contributed by atoms with Crippen LogP contribution < -0.4 is 10.9 Å². The van der Waals surface area contributed by atoms with Crippen molar-refractivity contribution in [3.05, 3.63) is 27.5 Å². The number of anilines is 1. The summed E-state index contributed by atoms with van der Waals surface area (Å²) < 4.78 is 1.39. The summed E-state index contributed by atoms with van der Waals surface area (Å²) in [5.41, 5.74) is 2.12. The number of hydrogen-bond donors (Lipinski definition) is 1. The maximum Gasteiger partial charge on any atom is 0.275 e. The lowest BCUT2D eigenvalue weighted by atomic mass is 10.1. The van der Waals surface area contributed by atoms with E-state index in [1.807, 2.05) is 11.4 Å². The molecular formula is C15H22N4OS. The second-order valence-corrected chi connectivity index (χ2v) is 6.74. The van der Waals surface area contributed by atoms with E-state index in [4.69, 9.17) is 0 Å². The maximum absolute atomic E-state index is 12.3. The Kier molecular flexibility index (Phi) is 4.77. The highest BCUT2D eigenvalue weighted by Gasteiger charge is 2.13. The second-order valence-electron chi connectivity index (χ2n) is 5.88. The van der Waals surface area contributed by atoms with Crippen molar-refractivity contribution in [3.8, 4) is 11.3 Å². The third-order valence-corrected chi connectivity index (χ3v) is 3.92. The molecule has 2 aromatic heterocycles. The number of aromatic nitrogens is 3. The Labute approximate surface area is 129 Å². The molecule has 6 heteroatoms. The third-order valence-electron chi connectivity index (χ3n) is 3.12. The number of aryl methyl sites for hydroxylation is 1. The summed E-state index contributed by atoms with van der Waals surface area (Å²) in [7, 11) is 1.68. The molecule has 2 heterocycles. The molecule has 0 aliphatic heterocycles. The smallest absolute Gasteiger partial charge is 0.275 e. The molecular weight excluding hydrogens is 284 g/mol. The molecule has 0 saturated heterocycles. The fraction of sp³-hybridized carbons (Fsp3) is 0.533. The van der Waals surface area contributed by atoms with Gasteiger partial charge in [-0.2, -0.15) is 5.10 Å². The predicted octanol–water partition coefficient (Wildman–Crippen LogP) is 3.10. The minimum absolute atomic E-state index is 0.111. The summed E-state index contributed by atoms with van der Waals surface area (Å²) in [6.45, 7) is 9.29. The molecule has 0 spiro atoms. The van der Waals surface area contributed by atoms with E-state index in [-0.39, 0.29) is 11.5 Å².